The van der Waals surface area contributed by atoms with Gasteiger partial charge < -0.3 is 5.32 Å². The Morgan fingerprint density at radius 3 is 2.40 bits per heavy atom. The number of hydrogen-bond acceptors (Lipinski definition) is 3. The summed E-state index contributed by atoms with van der Waals surface area (Å²) in [5.41, 5.74) is 1.67. The van der Waals surface area contributed by atoms with E-state index < -0.39 is 17.8 Å². The fourth-order valence-electron chi connectivity index (χ4n) is 2.44. The fraction of sp³-hybridized carbons (Fsp3) is 0.250. The summed E-state index contributed by atoms with van der Waals surface area (Å²) in [4.78, 5) is 25.9. The molecule has 2 N–H and O–H groups in total. The highest BCUT2D eigenvalue weighted by atomic mass is 35.5. The summed E-state index contributed by atoms with van der Waals surface area (Å²) in [6, 6.07) is 11.6. The summed E-state index contributed by atoms with van der Waals surface area (Å²) in [6.45, 7) is 5.54. The van der Waals surface area contributed by atoms with Crippen LogP contribution in [0.15, 0.2) is 47.3 Å². The van der Waals surface area contributed by atoms with E-state index >= 15 is 0 Å². The molecule has 0 spiro atoms. The number of alkyl halides is 3. The average molecular weight is 441 g/mol. The van der Waals surface area contributed by atoms with Crippen molar-refractivity contribution in [1.29, 1.82) is 0 Å². The Morgan fingerprint density at radius 1 is 1.17 bits per heavy atom. The molecule has 3 aromatic rings. The molecule has 1 amide bonds. The molecule has 1 aromatic heterocycles. The van der Waals surface area contributed by atoms with Crippen LogP contribution in [-0.2, 0) is 11.3 Å². The number of amides is 1. The first-order valence-corrected chi connectivity index (χ1v) is 9.43. The first-order valence-electron chi connectivity index (χ1n) is 9.05. The monoisotopic (exact) mass is 440 g/mol. The molecule has 1 heterocycles. The summed E-state index contributed by atoms with van der Waals surface area (Å²) in [7, 11) is 0. The molecule has 10 heteroatoms. The van der Waals surface area contributed by atoms with Crippen molar-refractivity contribution in [1.82, 2.24) is 20.1 Å². The number of aromatic amines is 1. The summed E-state index contributed by atoms with van der Waals surface area (Å²) in [6.07, 6.45) is -4.97. The summed E-state index contributed by atoms with van der Waals surface area (Å²) >= 11 is 6.13. The minimum absolute atomic E-state index is 0.176. The first kappa shape index (κ1) is 23.2. The molecule has 0 bridgehead atoms. The molecule has 30 heavy (non-hydrogen) atoms. The van der Waals surface area contributed by atoms with E-state index in [1.54, 1.807) is 17.4 Å². The van der Waals surface area contributed by atoms with E-state index in [9.17, 15) is 22.8 Å². The summed E-state index contributed by atoms with van der Waals surface area (Å²) < 4.78 is 37.9. The number of carbonyl (C=O) groups is 1. The fourth-order valence-corrected chi connectivity index (χ4v) is 2.64. The van der Waals surface area contributed by atoms with Crippen LogP contribution >= 0.6 is 11.6 Å². The van der Waals surface area contributed by atoms with Gasteiger partial charge in [0.05, 0.1) is 10.7 Å². The van der Waals surface area contributed by atoms with E-state index in [1.807, 2.05) is 32.9 Å². The molecule has 3 rings (SSSR count). The quantitative estimate of drug-likeness (QED) is 0.631. The van der Waals surface area contributed by atoms with E-state index in [0.717, 1.165) is 10.2 Å². The van der Waals surface area contributed by atoms with Gasteiger partial charge in [0.25, 0.3) is 0 Å². The Balaban J connectivity index is 0.00000155. The molecule has 0 aliphatic rings. The minimum Gasteiger partial charge on any atom is -0.344 e. The number of nitrogens with one attached hydrogen (secondary N) is 2. The number of aryl methyl sites for hydroxylation is 1. The lowest BCUT2D eigenvalue weighted by Crippen LogP contribution is -2.36. The number of benzene rings is 2. The van der Waals surface area contributed by atoms with Crippen molar-refractivity contribution in [3.05, 3.63) is 69.1 Å². The number of carbonyl (C=O) groups excluding carboxylic acids is 1. The van der Waals surface area contributed by atoms with Crippen molar-refractivity contribution in [2.75, 3.05) is 0 Å². The Bertz CT molecular complexity index is 1070. The molecular weight excluding hydrogens is 421 g/mol. The Kier molecular flexibility index (Phi) is 7.44. The van der Waals surface area contributed by atoms with Crippen molar-refractivity contribution in [2.24, 2.45) is 0 Å². The molecule has 0 aliphatic heterocycles. The zero-order chi connectivity index (χ0) is 22.5. The summed E-state index contributed by atoms with van der Waals surface area (Å²) in [5, 5.41) is 6.15. The molecule has 0 fully saturated rings. The van der Waals surface area contributed by atoms with Crippen LogP contribution in [0.25, 0.3) is 17.1 Å². The van der Waals surface area contributed by atoms with Crippen molar-refractivity contribution in [3.63, 3.8) is 0 Å². The molecule has 160 valence electrons. The van der Waals surface area contributed by atoms with Gasteiger partial charge in [0, 0.05) is 12.1 Å². The van der Waals surface area contributed by atoms with Gasteiger partial charge in [-0.05, 0) is 24.6 Å². The van der Waals surface area contributed by atoms with E-state index in [4.69, 9.17) is 11.6 Å². The highest BCUT2D eigenvalue weighted by Gasteiger charge is 2.38. The zero-order valence-electron chi connectivity index (χ0n) is 16.5. The van der Waals surface area contributed by atoms with Gasteiger partial charge in [-0.2, -0.15) is 17.9 Å². The number of H-pyrrole nitrogens is 1. The van der Waals surface area contributed by atoms with Crippen molar-refractivity contribution in [2.45, 2.75) is 33.5 Å². The SMILES string of the molecule is CC.Cc1ccc(-c2nn(-c3cc(CNC(=O)C(F)(F)F)ccc3Cl)c(=O)[nH]2)cc1. The molecule has 0 unspecified atom stereocenters. The predicted octanol–water partition coefficient (Wildman–Crippen LogP) is 4.39. The highest BCUT2D eigenvalue weighted by molar-refractivity contribution is 6.32. The van der Waals surface area contributed by atoms with E-state index in [2.05, 4.69) is 10.1 Å². The van der Waals surface area contributed by atoms with Crippen LogP contribution in [0.5, 0.6) is 0 Å². The van der Waals surface area contributed by atoms with Crippen LogP contribution in [0, 0.1) is 6.92 Å². The van der Waals surface area contributed by atoms with Crippen molar-refractivity contribution < 1.29 is 18.0 Å². The van der Waals surface area contributed by atoms with Gasteiger partial charge in [0.1, 0.15) is 0 Å². The lowest BCUT2D eigenvalue weighted by atomic mass is 10.1. The van der Waals surface area contributed by atoms with Crippen LogP contribution in [0.1, 0.15) is 25.0 Å². The van der Waals surface area contributed by atoms with Gasteiger partial charge in [-0.1, -0.05) is 61.3 Å². The number of halogens is 4. The summed E-state index contributed by atoms with van der Waals surface area (Å²) in [5.74, 6) is -1.74. The maximum Gasteiger partial charge on any atom is 0.471 e. The maximum atomic E-state index is 12.3. The van der Waals surface area contributed by atoms with Gasteiger partial charge in [0.15, 0.2) is 5.82 Å². The van der Waals surface area contributed by atoms with Crippen LogP contribution < -0.4 is 11.0 Å². The van der Waals surface area contributed by atoms with E-state index in [-0.39, 0.29) is 17.3 Å². The smallest absolute Gasteiger partial charge is 0.344 e. The molecule has 6 nitrogen and oxygen atoms in total. The van der Waals surface area contributed by atoms with E-state index in [0.29, 0.717) is 17.0 Å². The number of hydrogen-bond donors (Lipinski definition) is 2. The molecule has 2 aromatic carbocycles. The van der Waals surface area contributed by atoms with Gasteiger partial charge in [-0.25, -0.2) is 4.79 Å². The molecular formula is C20H20ClF3N4O2. The van der Waals surface area contributed by atoms with Crippen LogP contribution in [0.2, 0.25) is 5.02 Å². The number of nitrogens with zero attached hydrogens (tertiary/aromatic N) is 2. The van der Waals surface area contributed by atoms with Crippen LogP contribution in [0.3, 0.4) is 0 Å². The predicted molar refractivity (Wildman–Crippen MR) is 109 cm³/mol. The lowest BCUT2D eigenvalue weighted by molar-refractivity contribution is -0.173. The van der Waals surface area contributed by atoms with Gasteiger partial charge in [-0.15, -0.1) is 5.10 Å². The third kappa shape index (κ3) is 5.50. The second-order valence-electron chi connectivity index (χ2n) is 6.02. The van der Waals surface area contributed by atoms with Gasteiger partial charge in [0.2, 0.25) is 0 Å². The average Bonchev–Trinajstić information content (AvgIpc) is 3.10. The van der Waals surface area contributed by atoms with Crippen LogP contribution in [-0.4, -0.2) is 26.8 Å². The molecule has 0 saturated carbocycles. The van der Waals surface area contributed by atoms with Crippen molar-refractivity contribution >= 4 is 17.5 Å². The number of aromatic nitrogens is 3. The molecule has 0 radical (unpaired) electrons. The largest absolute Gasteiger partial charge is 0.471 e. The minimum atomic E-state index is -4.97. The normalized spacial score (nSPS) is 10.9. The molecule has 0 aliphatic carbocycles. The Hall–Kier alpha value is -3.07. The lowest BCUT2D eigenvalue weighted by Gasteiger charge is -2.10. The Labute approximate surface area is 175 Å². The molecule has 0 atom stereocenters. The number of rotatable bonds is 4. The first-order chi connectivity index (χ1) is 14.1. The standard InChI is InChI=1S/C18H14ClF3N4O2.C2H6/c1-10-2-5-12(6-3-10)15-24-17(28)26(25-15)14-8-11(4-7-13(14)19)9-23-16(27)18(20,21)22;1-2/h2-8H,9H2,1H3,(H,23,27)(H,24,25,28);1-2H3. The second kappa shape index (κ2) is 9.62. The van der Waals surface area contributed by atoms with Gasteiger partial charge >= 0.3 is 17.8 Å². The van der Waals surface area contributed by atoms with Crippen LogP contribution in [0.4, 0.5) is 13.2 Å². The third-order valence-electron chi connectivity index (χ3n) is 3.89. The van der Waals surface area contributed by atoms with Gasteiger partial charge in [-0.3, -0.25) is 9.78 Å². The second-order valence-corrected chi connectivity index (χ2v) is 6.43. The Morgan fingerprint density at radius 2 is 1.80 bits per heavy atom. The zero-order valence-corrected chi connectivity index (χ0v) is 17.2. The molecule has 0 saturated heterocycles. The van der Waals surface area contributed by atoms with E-state index in [1.165, 1.54) is 18.2 Å². The maximum absolute atomic E-state index is 12.3. The topological polar surface area (TPSA) is 79.8 Å². The third-order valence-corrected chi connectivity index (χ3v) is 4.21. The highest BCUT2D eigenvalue weighted by Crippen LogP contribution is 2.22. The van der Waals surface area contributed by atoms with Crippen molar-refractivity contribution in [3.8, 4) is 17.1 Å².